The zero-order valence-electron chi connectivity index (χ0n) is 44.8. The highest BCUT2D eigenvalue weighted by molar-refractivity contribution is 7.89. The summed E-state index contributed by atoms with van der Waals surface area (Å²) in [4.78, 5) is 46.5. The second-order valence-electron chi connectivity index (χ2n) is 21.3. The lowest BCUT2D eigenvalue weighted by molar-refractivity contribution is -0.140. The standard InChI is InChI=1S/C28H48N4O5S.C23H36N2O6S/c1-21-15-25(36-8)16-22(2)27(21)38(34,35)30(6)13-14-37-20-26(33)31(7)23-17-24(19-28(3,4)18-23)32-11-9-29(5)10-12-32;1-16-10-20(30-7)11-17(2)22(16)32(28,29)24(5)8-9-31-15-21(27)25(6)18-12-19(26)14-23(3,4)13-18/h15-16,23-24H,9-14,17-20H2,1-8H3;10-11,18H,8-9,12-15H2,1-7H3. The molecular formula is C51H84N6O11S2. The van der Waals surface area contributed by atoms with Crippen LogP contribution in [0.2, 0.25) is 0 Å². The number of hydrogen-bond donors (Lipinski definition) is 0. The predicted octanol–water partition coefficient (Wildman–Crippen LogP) is 5.16. The molecule has 1 saturated heterocycles. The highest BCUT2D eigenvalue weighted by atomic mass is 32.2. The Morgan fingerprint density at radius 2 is 1.04 bits per heavy atom. The SMILES string of the molecule is COc1cc(C)c(S(=O)(=O)N(C)CCOCC(=O)N(C)C2CC(=O)CC(C)(C)C2)c(C)c1.COc1cc(C)c(S(=O)(=O)N(C)CCOCC(=O)N(C)C2CC(N3CCN(C)CC3)CC(C)(C)C2)c(C)c1. The molecule has 2 aliphatic carbocycles. The van der Waals surface area contributed by atoms with Crippen LogP contribution in [0, 0.1) is 38.5 Å². The van der Waals surface area contributed by atoms with E-state index >= 15 is 0 Å². The molecule has 0 bridgehead atoms. The van der Waals surface area contributed by atoms with Crippen molar-refractivity contribution in [2.45, 2.75) is 122 Å². The normalized spacial score (nSPS) is 21.0. The zero-order chi connectivity index (χ0) is 52.5. The number of sulfonamides is 2. The molecule has 2 aromatic rings. The van der Waals surface area contributed by atoms with Gasteiger partial charge in [-0.3, -0.25) is 19.3 Å². The molecule has 3 fully saturated rings. The van der Waals surface area contributed by atoms with Crippen LogP contribution in [-0.2, 0) is 43.9 Å². The molecule has 2 saturated carbocycles. The van der Waals surface area contributed by atoms with E-state index in [2.05, 4.69) is 30.7 Å². The summed E-state index contributed by atoms with van der Waals surface area (Å²) < 4.78 is 76.6. The largest absolute Gasteiger partial charge is 0.497 e. The molecular weight excluding hydrogens is 937 g/mol. The summed E-state index contributed by atoms with van der Waals surface area (Å²) in [5.74, 6) is 1.13. The van der Waals surface area contributed by atoms with Crippen molar-refractivity contribution in [3.8, 4) is 11.5 Å². The van der Waals surface area contributed by atoms with Crippen LogP contribution in [0.3, 0.4) is 0 Å². The van der Waals surface area contributed by atoms with Gasteiger partial charge in [0.05, 0.1) is 37.2 Å². The topological polar surface area (TPSA) is 176 Å². The first-order valence-corrected chi connectivity index (χ1v) is 27.3. The first kappa shape index (κ1) is 58.9. The van der Waals surface area contributed by atoms with Gasteiger partial charge in [0.15, 0.2) is 0 Å². The number of ketones is 1. The molecule has 5 rings (SSSR count). The molecule has 0 aromatic heterocycles. The third-order valence-corrected chi connectivity index (χ3v) is 18.5. The molecule has 19 heteroatoms. The Kier molecular flexibility index (Phi) is 20.9. The molecule has 17 nitrogen and oxygen atoms in total. The maximum Gasteiger partial charge on any atom is 0.248 e. The lowest BCUT2D eigenvalue weighted by atomic mass is 9.71. The zero-order valence-corrected chi connectivity index (χ0v) is 46.5. The summed E-state index contributed by atoms with van der Waals surface area (Å²) >= 11 is 0. The van der Waals surface area contributed by atoms with Crippen molar-refractivity contribution < 1.29 is 50.2 Å². The van der Waals surface area contributed by atoms with E-state index in [9.17, 15) is 31.2 Å². The van der Waals surface area contributed by atoms with E-state index in [4.69, 9.17) is 18.9 Å². The van der Waals surface area contributed by atoms with Gasteiger partial charge in [0, 0.05) is 98.4 Å². The smallest absolute Gasteiger partial charge is 0.248 e. The first-order valence-electron chi connectivity index (χ1n) is 24.4. The molecule has 396 valence electrons. The van der Waals surface area contributed by atoms with Gasteiger partial charge >= 0.3 is 0 Å². The first-order chi connectivity index (χ1) is 32.5. The summed E-state index contributed by atoms with van der Waals surface area (Å²) in [5, 5.41) is 0. The number of Topliss-reactive ketones (excluding diaryl/α,β-unsaturated/α-hetero) is 1. The van der Waals surface area contributed by atoms with E-state index in [1.807, 2.05) is 25.8 Å². The van der Waals surface area contributed by atoms with E-state index < -0.39 is 20.0 Å². The minimum absolute atomic E-state index is 0.0545. The molecule has 2 aromatic carbocycles. The van der Waals surface area contributed by atoms with Crippen LogP contribution in [0.25, 0.3) is 0 Å². The highest BCUT2D eigenvalue weighted by Crippen LogP contribution is 2.40. The second kappa shape index (κ2) is 24.8. The van der Waals surface area contributed by atoms with Crippen LogP contribution in [0.1, 0.15) is 88.5 Å². The Bertz CT molecular complexity index is 2310. The maximum absolute atomic E-state index is 13.2. The van der Waals surface area contributed by atoms with Crippen molar-refractivity contribution in [2.24, 2.45) is 10.8 Å². The molecule has 3 atom stereocenters. The number of hydrogen-bond acceptors (Lipinski definition) is 13. The van der Waals surface area contributed by atoms with Gasteiger partial charge in [-0.1, -0.05) is 27.7 Å². The Balaban J connectivity index is 0.000000309. The Hall–Kier alpha value is -3.69. The fourth-order valence-corrected chi connectivity index (χ4v) is 13.4. The van der Waals surface area contributed by atoms with Crippen molar-refractivity contribution in [3.05, 3.63) is 46.5 Å². The van der Waals surface area contributed by atoms with Gasteiger partial charge in [-0.25, -0.2) is 16.8 Å². The summed E-state index contributed by atoms with van der Waals surface area (Å²) in [6.45, 7) is 20.3. The third-order valence-electron chi connectivity index (χ3n) is 14.2. The number of benzene rings is 2. The molecule has 2 amide bonds. The van der Waals surface area contributed by atoms with Gasteiger partial charge in [-0.05, 0) is 118 Å². The number of carbonyl (C=O) groups excluding carboxylic acids is 3. The molecule has 1 heterocycles. The van der Waals surface area contributed by atoms with E-state index in [1.165, 1.54) is 22.8 Å². The van der Waals surface area contributed by atoms with Crippen molar-refractivity contribution in [1.29, 1.82) is 0 Å². The van der Waals surface area contributed by atoms with Crippen molar-refractivity contribution in [1.82, 2.24) is 28.2 Å². The number of piperazine rings is 1. The summed E-state index contributed by atoms with van der Waals surface area (Å²) in [6.07, 6.45) is 4.78. The van der Waals surface area contributed by atoms with Crippen LogP contribution < -0.4 is 9.47 Å². The fourth-order valence-electron chi connectivity index (χ4n) is 10.3. The molecule has 3 aliphatic rings. The van der Waals surface area contributed by atoms with Crippen LogP contribution >= 0.6 is 0 Å². The van der Waals surface area contributed by atoms with Crippen molar-refractivity contribution in [3.63, 3.8) is 0 Å². The van der Waals surface area contributed by atoms with E-state index in [1.54, 1.807) is 78.1 Å². The third kappa shape index (κ3) is 15.7. The van der Waals surface area contributed by atoms with Gasteiger partial charge in [0.25, 0.3) is 0 Å². The molecule has 0 radical (unpaired) electrons. The Morgan fingerprint density at radius 3 is 1.44 bits per heavy atom. The summed E-state index contributed by atoms with van der Waals surface area (Å²) in [5.41, 5.74) is 2.53. The van der Waals surface area contributed by atoms with Gasteiger partial charge in [-0.15, -0.1) is 0 Å². The molecule has 0 spiro atoms. The lowest BCUT2D eigenvalue weighted by Gasteiger charge is -2.48. The van der Waals surface area contributed by atoms with Crippen LogP contribution in [0.15, 0.2) is 34.1 Å². The van der Waals surface area contributed by atoms with Crippen LogP contribution in [0.5, 0.6) is 11.5 Å². The molecule has 70 heavy (non-hydrogen) atoms. The molecule has 1 aliphatic heterocycles. The van der Waals surface area contributed by atoms with E-state index in [0.29, 0.717) is 52.6 Å². The number of rotatable bonds is 19. The number of methoxy groups -OCH3 is 2. The van der Waals surface area contributed by atoms with Crippen molar-refractivity contribution >= 4 is 37.6 Å². The number of ether oxygens (including phenoxy) is 4. The number of aryl methyl sites for hydroxylation is 4. The second-order valence-corrected chi connectivity index (χ2v) is 25.3. The van der Waals surface area contributed by atoms with Gasteiger partial charge < -0.3 is 33.6 Å². The minimum atomic E-state index is -3.71. The maximum atomic E-state index is 13.2. The highest BCUT2D eigenvalue weighted by Gasteiger charge is 2.40. The number of amides is 2. The average Bonchev–Trinajstić information content (AvgIpc) is 3.26. The summed E-state index contributed by atoms with van der Waals surface area (Å²) in [7, 11) is 4.46. The van der Waals surface area contributed by atoms with Crippen LogP contribution in [-0.4, -0.2) is 196 Å². The number of nitrogens with zero attached hydrogens (tertiary/aromatic N) is 6. The van der Waals surface area contributed by atoms with Gasteiger partial charge in [-0.2, -0.15) is 8.61 Å². The van der Waals surface area contributed by atoms with Crippen LogP contribution in [0.4, 0.5) is 0 Å². The average molecular weight is 1020 g/mol. The Labute approximate surface area is 420 Å². The fraction of sp³-hybridized carbons (Fsp3) is 0.706. The molecule has 3 unspecified atom stereocenters. The lowest BCUT2D eigenvalue weighted by Crippen LogP contribution is -2.55. The summed E-state index contributed by atoms with van der Waals surface area (Å²) in [6, 6.07) is 7.35. The van der Waals surface area contributed by atoms with Crippen molar-refractivity contribution in [2.75, 3.05) is 115 Å². The number of carbonyl (C=O) groups is 3. The monoisotopic (exact) mass is 1020 g/mol. The minimum Gasteiger partial charge on any atom is -0.497 e. The predicted molar refractivity (Wildman–Crippen MR) is 272 cm³/mol. The van der Waals surface area contributed by atoms with Gasteiger partial charge in [0.1, 0.15) is 30.5 Å². The quantitative estimate of drug-likeness (QED) is 0.169. The number of likely N-dealkylation sites (N-methyl/N-ethyl adjacent to an activating group) is 5. The molecule has 0 N–H and O–H groups in total. The van der Waals surface area contributed by atoms with E-state index in [-0.39, 0.29) is 89.8 Å². The van der Waals surface area contributed by atoms with E-state index in [0.717, 1.165) is 51.9 Å². The van der Waals surface area contributed by atoms with Gasteiger partial charge in [0.2, 0.25) is 31.9 Å². The Morgan fingerprint density at radius 1 is 0.643 bits per heavy atom.